The molecule has 1 aliphatic heterocycles. The van der Waals surface area contributed by atoms with Gasteiger partial charge in [0.25, 0.3) is 0 Å². The number of pyridine rings is 1. The van der Waals surface area contributed by atoms with E-state index >= 15 is 0 Å². The van der Waals surface area contributed by atoms with Crippen molar-refractivity contribution in [1.29, 1.82) is 0 Å². The number of cyclic esters (lactones) is 1. The SMILES string of the molecule is CC(C)[C@H]1COC(=O)N1c1nc(NCCc2ccc(Nc3ccc(N)cn3)cc2)nc2ccsc12. The van der Waals surface area contributed by atoms with Gasteiger partial charge in [0.2, 0.25) is 5.95 Å². The summed E-state index contributed by atoms with van der Waals surface area (Å²) in [5, 5.41) is 8.55. The van der Waals surface area contributed by atoms with Crippen LogP contribution in [0.2, 0.25) is 0 Å². The molecule has 3 aromatic heterocycles. The predicted molar refractivity (Wildman–Crippen MR) is 140 cm³/mol. The summed E-state index contributed by atoms with van der Waals surface area (Å²) in [7, 11) is 0. The van der Waals surface area contributed by atoms with Crippen LogP contribution in [-0.4, -0.2) is 40.2 Å². The molecular formula is C25H27N7O2S. The Morgan fingerprint density at radius 1 is 1.17 bits per heavy atom. The van der Waals surface area contributed by atoms with Crippen molar-refractivity contribution in [1.82, 2.24) is 15.0 Å². The summed E-state index contributed by atoms with van der Waals surface area (Å²) < 4.78 is 6.23. The number of hydrogen-bond acceptors (Lipinski definition) is 9. The summed E-state index contributed by atoms with van der Waals surface area (Å²) in [5.41, 5.74) is 9.26. The van der Waals surface area contributed by atoms with Gasteiger partial charge in [0.15, 0.2) is 5.82 Å². The Hall–Kier alpha value is -3.92. The van der Waals surface area contributed by atoms with Crippen molar-refractivity contribution in [2.75, 3.05) is 34.4 Å². The molecule has 1 aromatic carbocycles. The molecule has 35 heavy (non-hydrogen) atoms. The molecule has 1 atom stereocenters. The highest BCUT2D eigenvalue weighted by Crippen LogP contribution is 2.34. The molecule has 0 bridgehead atoms. The second-order valence-electron chi connectivity index (χ2n) is 8.74. The number of carbonyl (C=O) groups is 1. The van der Waals surface area contributed by atoms with Crippen LogP contribution < -0.4 is 21.3 Å². The van der Waals surface area contributed by atoms with Crippen LogP contribution in [0, 0.1) is 5.92 Å². The number of benzene rings is 1. The lowest BCUT2D eigenvalue weighted by Gasteiger charge is -2.24. The van der Waals surface area contributed by atoms with E-state index in [0.29, 0.717) is 30.6 Å². The molecule has 9 nitrogen and oxygen atoms in total. The summed E-state index contributed by atoms with van der Waals surface area (Å²) in [6.45, 7) is 5.19. The van der Waals surface area contributed by atoms with Gasteiger partial charge in [-0.05, 0) is 53.6 Å². The molecule has 4 heterocycles. The van der Waals surface area contributed by atoms with Gasteiger partial charge in [0, 0.05) is 12.2 Å². The fourth-order valence-corrected chi connectivity index (χ4v) is 4.78. The molecule has 0 spiro atoms. The zero-order valence-corrected chi connectivity index (χ0v) is 20.4. The van der Waals surface area contributed by atoms with Crippen LogP contribution >= 0.6 is 11.3 Å². The number of nitrogen functional groups attached to an aromatic ring is 1. The van der Waals surface area contributed by atoms with Gasteiger partial charge in [-0.25, -0.2) is 14.8 Å². The Morgan fingerprint density at radius 3 is 2.74 bits per heavy atom. The number of fused-ring (bicyclic) bond motifs is 1. The van der Waals surface area contributed by atoms with E-state index in [1.807, 2.05) is 35.7 Å². The summed E-state index contributed by atoms with van der Waals surface area (Å²) >= 11 is 1.53. The summed E-state index contributed by atoms with van der Waals surface area (Å²) in [5.74, 6) is 2.10. The predicted octanol–water partition coefficient (Wildman–Crippen LogP) is 5.05. The highest BCUT2D eigenvalue weighted by atomic mass is 32.1. The minimum Gasteiger partial charge on any atom is -0.447 e. The number of nitrogens with one attached hydrogen (secondary N) is 2. The van der Waals surface area contributed by atoms with Gasteiger partial charge in [-0.2, -0.15) is 4.98 Å². The molecule has 0 saturated carbocycles. The number of nitrogens with zero attached hydrogens (tertiary/aromatic N) is 4. The molecule has 1 amide bonds. The maximum absolute atomic E-state index is 12.5. The van der Waals surface area contributed by atoms with Crippen molar-refractivity contribution in [3.05, 3.63) is 59.6 Å². The number of carbonyl (C=O) groups excluding carboxylic acids is 1. The first-order valence-electron chi connectivity index (χ1n) is 11.5. The lowest BCUT2D eigenvalue weighted by atomic mass is 10.0. The molecule has 180 valence electrons. The van der Waals surface area contributed by atoms with Gasteiger partial charge in [0.05, 0.1) is 28.1 Å². The molecule has 1 saturated heterocycles. The number of aromatic nitrogens is 3. The van der Waals surface area contributed by atoms with E-state index in [9.17, 15) is 4.79 Å². The maximum Gasteiger partial charge on any atom is 0.415 e. The monoisotopic (exact) mass is 489 g/mol. The van der Waals surface area contributed by atoms with Gasteiger partial charge < -0.3 is 21.1 Å². The van der Waals surface area contributed by atoms with Crippen molar-refractivity contribution >= 4 is 56.6 Å². The summed E-state index contributed by atoms with van der Waals surface area (Å²) in [6.07, 6.45) is 2.06. The smallest absolute Gasteiger partial charge is 0.415 e. The van der Waals surface area contributed by atoms with E-state index in [1.54, 1.807) is 11.1 Å². The first kappa shape index (κ1) is 22.9. The third kappa shape index (κ3) is 4.97. The number of rotatable bonds is 8. The number of amides is 1. The summed E-state index contributed by atoms with van der Waals surface area (Å²) in [4.78, 5) is 27.8. The minimum absolute atomic E-state index is 0.0499. The summed E-state index contributed by atoms with van der Waals surface area (Å²) in [6, 6.07) is 13.7. The molecule has 4 aromatic rings. The van der Waals surface area contributed by atoms with Gasteiger partial charge in [-0.15, -0.1) is 11.3 Å². The van der Waals surface area contributed by atoms with E-state index in [-0.39, 0.29) is 18.1 Å². The second-order valence-corrected chi connectivity index (χ2v) is 9.66. The largest absolute Gasteiger partial charge is 0.447 e. The highest BCUT2D eigenvalue weighted by molar-refractivity contribution is 7.17. The lowest BCUT2D eigenvalue weighted by molar-refractivity contribution is 0.177. The minimum atomic E-state index is -0.356. The molecule has 0 radical (unpaired) electrons. The molecule has 0 unspecified atom stereocenters. The van der Waals surface area contributed by atoms with Gasteiger partial charge in [0.1, 0.15) is 12.4 Å². The van der Waals surface area contributed by atoms with Gasteiger partial charge in [-0.1, -0.05) is 26.0 Å². The third-order valence-electron chi connectivity index (χ3n) is 5.90. The Labute approximate surface area is 207 Å². The Balaban J connectivity index is 1.26. The number of anilines is 5. The van der Waals surface area contributed by atoms with E-state index in [4.69, 9.17) is 15.5 Å². The van der Waals surface area contributed by atoms with E-state index in [2.05, 4.69) is 46.6 Å². The van der Waals surface area contributed by atoms with Crippen LogP contribution in [0.4, 0.5) is 33.8 Å². The van der Waals surface area contributed by atoms with E-state index < -0.39 is 0 Å². The van der Waals surface area contributed by atoms with Gasteiger partial charge in [-0.3, -0.25) is 4.90 Å². The second kappa shape index (κ2) is 9.75. The maximum atomic E-state index is 12.5. The normalized spacial score (nSPS) is 15.6. The highest BCUT2D eigenvalue weighted by Gasteiger charge is 2.38. The first-order chi connectivity index (χ1) is 17.0. The Morgan fingerprint density at radius 2 is 2.00 bits per heavy atom. The molecule has 0 aliphatic carbocycles. The molecular weight excluding hydrogens is 462 g/mol. The van der Waals surface area contributed by atoms with Crippen molar-refractivity contribution in [2.45, 2.75) is 26.3 Å². The molecule has 5 rings (SSSR count). The zero-order valence-electron chi connectivity index (χ0n) is 19.6. The Kier molecular flexibility index (Phi) is 6.37. The average Bonchev–Trinajstić information content (AvgIpc) is 3.48. The standard InChI is InChI=1S/C25H27N7O2S/c1-15(2)20-14-34-25(33)32(20)23-22-19(10-12-35-22)30-24(31-23)27-11-9-16-3-6-18(7-4-16)29-21-8-5-17(26)13-28-21/h3-8,10,12-13,15,20H,9,11,14,26H2,1-2H3,(H,28,29)(H,27,30,31)/t20-/m1/s1. The zero-order chi connectivity index (χ0) is 24.4. The number of nitrogens with two attached hydrogens (primary N) is 1. The number of ether oxygens (including phenoxy) is 1. The van der Waals surface area contributed by atoms with Crippen LogP contribution in [0.15, 0.2) is 54.0 Å². The molecule has 4 N–H and O–H groups in total. The van der Waals surface area contributed by atoms with Crippen molar-refractivity contribution < 1.29 is 9.53 Å². The third-order valence-corrected chi connectivity index (χ3v) is 6.80. The van der Waals surface area contributed by atoms with Crippen molar-refractivity contribution in [2.24, 2.45) is 5.92 Å². The van der Waals surface area contributed by atoms with E-state index in [1.165, 1.54) is 16.9 Å². The number of thiophene rings is 1. The van der Waals surface area contributed by atoms with Crippen LogP contribution in [0.5, 0.6) is 0 Å². The topological polar surface area (TPSA) is 118 Å². The lowest BCUT2D eigenvalue weighted by Crippen LogP contribution is -2.38. The van der Waals surface area contributed by atoms with Gasteiger partial charge >= 0.3 is 6.09 Å². The van der Waals surface area contributed by atoms with Crippen LogP contribution in [-0.2, 0) is 11.2 Å². The van der Waals surface area contributed by atoms with Crippen molar-refractivity contribution in [3.8, 4) is 0 Å². The quantitative estimate of drug-likeness (QED) is 0.315. The molecule has 10 heteroatoms. The molecule has 1 fully saturated rings. The average molecular weight is 490 g/mol. The van der Waals surface area contributed by atoms with Crippen LogP contribution in [0.1, 0.15) is 19.4 Å². The number of hydrogen-bond donors (Lipinski definition) is 3. The van der Waals surface area contributed by atoms with Crippen molar-refractivity contribution in [3.63, 3.8) is 0 Å². The Bertz CT molecular complexity index is 1320. The van der Waals surface area contributed by atoms with Crippen LogP contribution in [0.25, 0.3) is 10.2 Å². The first-order valence-corrected chi connectivity index (χ1v) is 12.4. The fourth-order valence-electron chi connectivity index (χ4n) is 3.96. The van der Waals surface area contributed by atoms with E-state index in [0.717, 1.165) is 28.1 Å². The van der Waals surface area contributed by atoms with Crippen LogP contribution in [0.3, 0.4) is 0 Å². The fraction of sp³-hybridized carbons (Fsp3) is 0.280. The molecule has 1 aliphatic rings.